The molecule has 3 aliphatic carbocycles. The molecule has 8 heteroatoms. The van der Waals surface area contributed by atoms with Crippen LogP contribution in [0.2, 0.25) is 5.02 Å². The van der Waals surface area contributed by atoms with Gasteiger partial charge in [-0.25, -0.2) is 4.39 Å². The van der Waals surface area contributed by atoms with Crippen molar-refractivity contribution in [3.8, 4) is 5.75 Å². The van der Waals surface area contributed by atoms with Crippen molar-refractivity contribution in [2.75, 3.05) is 6.61 Å². The number of hydrogen-bond acceptors (Lipinski definition) is 4. The van der Waals surface area contributed by atoms with Gasteiger partial charge >= 0.3 is 0 Å². The van der Waals surface area contributed by atoms with E-state index in [9.17, 15) is 14.0 Å². The molecular weight excluding hydrogens is 421 g/mol. The Morgan fingerprint density at radius 1 is 1.13 bits per heavy atom. The molecule has 3 unspecified atom stereocenters. The highest BCUT2D eigenvalue weighted by Crippen LogP contribution is 2.46. The summed E-state index contributed by atoms with van der Waals surface area (Å²) in [6.07, 6.45) is 4.70. The smallest absolute Gasteiger partial charge is 0.258 e. The van der Waals surface area contributed by atoms with Crippen LogP contribution in [0.15, 0.2) is 18.2 Å². The van der Waals surface area contributed by atoms with Gasteiger partial charge in [0.05, 0.1) is 10.9 Å². The van der Waals surface area contributed by atoms with Gasteiger partial charge in [0.1, 0.15) is 11.6 Å². The molecule has 3 N–H and O–H groups in total. The fourth-order valence-corrected chi connectivity index (χ4v) is 5.44. The molecule has 0 spiro atoms. The first-order valence-electron chi connectivity index (χ1n) is 11.2. The van der Waals surface area contributed by atoms with Gasteiger partial charge in [0, 0.05) is 30.2 Å². The molecule has 1 aliphatic heterocycles. The molecule has 31 heavy (non-hydrogen) atoms. The van der Waals surface area contributed by atoms with Crippen LogP contribution in [0.5, 0.6) is 5.75 Å². The van der Waals surface area contributed by atoms with Gasteiger partial charge in [0.25, 0.3) is 5.91 Å². The molecule has 170 valence electrons. The predicted molar refractivity (Wildman–Crippen MR) is 116 cm³/mol. The van der Waals surface area contributed by atoms with Crippen LogP contribution in [0, 0.1) is 23.6 Å². The Bertz CT molecular complexity index is 832. The molecule has 5 rings (SSSR count). The number of halogens is 2. The minimum absolute atomic E-state index is 0.00443. The average Bonchev–Trinajstić information content (AvgIpc) is 2.67. The van der Waals surface area contributed by atoms with E-state index in [0.717, 1.165) is 32.1 Å². The number of benzene rings is 1. The van der Waals surface area contributed by atoms with Gasteiger partial charge in [-0.05, 0) is 69.9 Å². The number of nitrogens with one attached hydrogen (secondary N) is 3. The molecule has 4 aliphatic rings. The van der Waals surface area contributed by atoms with Crippen LogP contribution < -0.4 is 20.7 Å². The molecular formula is C23H31ClFN3O3. The summed E-state index contributed by atoms with van der Waals surface area (Å²) >= 11 is 5.66. The predicted octanol–water partition coefficient (Wildman–Crippen LogP) is 3.03. The second kappa shape index (κ2) is 9.33. The number of rotatable bonds is 6. The first kappa shape index (κ1) is 22.3. The van der Waals surface area contributed by atoms with Gasteiger partial charge in [-0.1, -0.05) is 11.6 Å². The first-order valence-corrected chi connectivity index (χ1v) is 11.6. The fourth-order valence-electron chi connectivity index (χ4n) is 5.32. The summed E-state index contributed by atoms with van der Waals surface area (Å²) in [6.45, 7) is 4.05. The van der Waals surface area contributed by atoms with Crippen molar-refractivity contribution in [1.82, 2.24) is 16.0 Å². The topological polar surface area (TPSA) is 79.5 Å². The molecule has 1 saturated heterocycles. The lowest BCUT2D eigenvalue weighted by Crippen LogP contribution is -2.61. The zero-order chi connectivity index (χ0) is 22.1. The number of carbonyl (C=O) groups excluding carboxylic acids is 2. The summed E-state index contributed by atoms with van der Waals surface area (Å²) < 4.78 is 18.9. The summed E-state index contributed by atoms with van der Waals surface area (Å²) in [4.78, 5) is 25.3. The van der Waals surface area contributed by atoms with E-state index in [4.69, 9.17) is 16.3 Å². The average molecular weight is 452 g/mol. The van der Waals surface area contributed by atoms with Gasteiger partial charge < -0.3 is 20.7 Å². The molecule has 1 aromatic rings. The molecule has 0 aromatic heterocycles. The SMILES string of the molecule is CC1CCC(C(=O)N[C@@H]2C[C@H](NC(=O)COc3ccc(Cl)c(F)c3)C3CC2C3)C(C)N1. The summed E-state index contributed by atoms with van der Waals surface area (Å²) in [7, 11) is 0. The summed E-state index contributed by atoms with van der Waals surface area (Å²) in [5.41, 5.74) is 0. The van der Waals surface area contributed by atoms with Crippen molar-refractivity contribution in [2.45, 2.75) is 70.1 Å². The normalized spacial score (nSPS) is 34.4. The molecule has 3 saturated carbocycles. The van der Waals surface area contributed by atoms with Crippen LogP contribution in [0.4, 0.5) is 4.39 Å². The van der Waals surface area contributed by atoms with Crippen molar-refractivity contribution in [3.63, 3.8) is 0 Å². The van der Waals surface area contributed by atoms with Crippen LogP contribution in [0.25, 0.3) is 0 Å². The molecule has 5 atom stereocenters. The van der Waals surface area contributed by atoms with Gasteiger partial charge in [-0.15, -0.1) is 0 Å². The third-order valence-corrected chi connectivity index (χ3v) is 7.50. The Morgan fingerprint density at radius 3 is 2.52 bits per heavy atom. The third-order valence-electron chi connectivity index (χ3n) is 7.19. The van der Waals surface area contributed by atoms with E-state index in [2.05, 4.69) is 29.8 Å². The minimum atomic E-state index is -0.581. The number of piperidine rings is 1. The van der Waals surface area contributed by atoms with Crippen LogP contribution in [-0.2, 0) is 9.59 Å². The first-order chi connectivity index (χ1) is 14.8. The number of carbonyl (C=O) groups is 2. The Hall–Kier alpha value is -1.86. The maximum absolute atomic E-state index is 13.5. The lowest BCUT2D eigenvalue weighted by atomic mass is 9.60. The lowest BCUT2D eigenvalue weighted by molar-refractivity contribution is -0.130. The highest BCUT2D eigenvalue weighted by atomic mass is 35.5. The Morgan fingerprint density at radius 2 is 1.84 bits per heavy atom. The van der Waals surface area contributed by atoms with E-state index < -0.39 is 5.82 Å². The van der Waals surface area contributed by atoms with E-state index in [0.29, 0.717) is 17.9 Å². The quantitative estimate of drug-likeness (QED) is 0.621. The van der Waals surface area contributed by atoms with Crippen LogP contribution >= 0.6 is 11.6 Å². The van der Waals surface area contributed by atoms with Gasteiger partial charge in [0.15, 0.2) is 6.61 Å². The van der Waals surface area contributed by atoms with Crippen LogP contribution in [0.3, 0.4) is 0 Å². The summed E-state index contributed by atoms with van der Waals surface area (Å²) in [6, 6.07) is 4.84. The molecule has 0 radical (unpaired) electrons. The standard InChI is InChI=1S/C23H31ClFN3O3/c1-12-3-5-17(13(2)26-12)23(30)28-21-10-20(14-7-15(21)8-14)27-22(29)11-31-16-4-6-18(24)19(25)9-16/h4,6,9,12-15,17,20-21,26H,3,5,7-8,10-11H2,1-2H3,(H,27,29)(H,28,30)/t12?,13?,14?,15?,17?,20-,21+/m0/s1. The Labute approximate surface area is 187 Å². The molecule has 1 heterocycles. The van der Waals surface area contributed by atoms with E-state index in [1.807, 2.05) is 0 Å². The Balaban J connectivity index is 1.26. The Kier molecular flexibility index (Phi) is 6.72. The van der Waals surface area contributed by atoms with Crippen molar-refractivity contribution in [2.24, 2.45) is 17.8 Å². The van der Waals surface area contributed by atoms with Gasteiger partial charge in [0.2, 0.25) is 5.91 Å². The van der Waals surface area contributed by atoms with Crippen LogP contribution in [-0.4, -0.2) is 42.6 Å². The maximum Gasteiger partial charge on any atom is 0.258 e. The van der Waals surface area contributed by atoms with Crippen molar-refractivity contribution < 1.29 is 18.7 Å². The molecule has 4 fully saturated rings. The van der Waals surface area contributed by atoms with E-state index >= 15 is 0 Å². The maximum atomic E-state index is 13.5. The molecule has 2 bridgehead atoms. The van der Waals surface area contributed by atoms with Crippen LogP contribution in [0.1, 0.15) is 46.0 Å². The number of hydrogen-bond donors (Lipinski definition) is 3. The largest absolute Gasteiger partial charge is 0.484 e. The van der Waals surface area contributed by atoms with E-state index in [-0.39, 0.29) is 53.2 Å². The van der Waals surface area contributed by atoms with Crippen molar-refractivity contribution >= 4 is 23.4 Å². The summed E-state index contributed by atoms with van der Waals surface area (Å²) in [5.74, 6) is 0.514. The van der Waals surface area contributed by atoms with E-state index in [1.165, 1.54) is 18.2 Å². The highest BCUT2D eigenvalue weighted by Gasteiger charge is 2.47. The number of fused-ring (bicyclic) bond motifs is 2. The minimum Gasteiger partial charge on any atom is -0.484 e. The number of amides is 2. The van der Waals surface area contributed by atoms with Crippen molar-refractivity contribution in [3.05, 3.63) is 29.0 Å². The molecule has 6 nitrogen and oxygen atoms in total. The second-order valence-corrected chi connectivity index (χ2v) is 9.83. The monoisotopic (exact) mass is 451 g/mol. The lowest BCUT2D eigenvalue weighted by Gasteiger charge is -2.51. The summed E-state index contributed by atoms with van der Waals surface area (Å²) in [5, 5.41) is 9.82. The second-order valence-electron chi connectivity index (χ2n) is 9.42. The fraction of sp³-hybridized carbons (Fsp3) is 0.652. The zero-order valence-corrected chi connectivity index (χ0v) is 18.8. The van der Waals surface area contributed by atoms with Gasteiger partial charge in [-0.2, -0.15) is 0 Å². The zero-order valence-electron chi connectivity index (χ0n) is 18.0. The van der Waals surface area contributed by atoms with Crippen molar-refractivity contribution in [1.29, 1.82) is 0 Å². The third kappa shape index (κ3) is 5.14. The van der Waals surface area contributed by atoms with Gasteiger partial charge in [-0.3, -0.25) is 9.59 Å². The highest BCUT2D eigenvalue weighted by molar-refractivity contribution is 6.30. The number of ether oxygens (including phenoxy) is 1. The van der Waals surface area contributed by atoms with E-state index in [1.54, 1.807) is 0 Å². The molecule has 1 aromatic carbocycles. The molecule has 2 amide bonds.